The zero-order valence-electron chi connectivity index (χ0n) is 24.9. The van der Waals surface area contributed by atoms with Gasteiger partial charge in [0, 0.05) is 36.9 Å². The molecule has 0 fully saturated rings. The van der Waals surface area contributed by atoms with Gasteiger partial charge in [-0.3, -0.25) is 13.9 Å². The molecular formula is C32H37BrF3N3O4S. The fourth-order valence-electron chi connectivity index (χ4n) is 4.60. The molecule has 44 heavy (non-hydrogen) atoms. The van der Waals surface area contributed by atoms with E-state index >= 15 is 0 Å². The second kappa shape index (κ2) is 15.6. The Morgan fingerprint density at radius 3 is 2.18 bits per heavy atom. The summed E-state index contributed by atoms with van der Waals surface area (Å²) in [7, 11) is -3.96. The van der Waals surface area contributed by atoms with Crippen molar-refractivity contribution >= 4 is 43.5 Å². The average Bonchev–Trinajstić information content (AvgIpc) is 2.96. The number of carbonyl (C=O) groups excluding carboxylic acids is 2. The molecule has 238 valence electrons. The minimum absolute atomic E-state index is 0.0185. The summed E-state index contributed by atoms with van der Waals surface area (Å²) in [4.78, 5) is 28.9. The van der Waals surface area contributed by atoms with Crippen LogP contribution in [0, 0.1) is 5.92 Å². The van der Waals surface area contributed by atoms with Crippen LogP contribution in [0.2, 0.25) is 0 Å². The summed E-state index contributed by atoms with van der Waals surface area (Å²) in [5, 5.41) is 2.95. The third-order valence-corrected chi connectivity index (χ3v) is 8.56. The Bertz CT molecular complexity index is 1500. The smallest absolute Gasteiger partial charge is 0.354 e. The van der Waals surface area contributed by atoms with E-state index in [0.717, 1.165) is 44.4 Å². The van der Waals surface area contributed by atoms with E-state index in [4.69, 9.17) is 0 Å². The van der Waals surface area contributed by atoms with Crippen molar-refractivity contribution in [2.75, 3.05) is 23.7 Å². The highest BCUT2D eigenvalue weighted by Gasteiger charge is 2.33. The topological polar surface area (TPSA) is 86.8 Å². The lowest BCUT2D eigenvalue weighted by atomic mass is 10.0. The van der Waals surface area contributed by atoms with Gasteiger partial charge in [0.2, 0.25) is 21.8 Å². The van der Waals surface area contributed by atoms with Crippen LogP contribution in [-0.4, -0.2) is 50.5 Å². The molecule has 0 unspecified atom stereocenters. The predicted molar refractivity (Wildman–Crippen MR) is 169 cm³/mol. The van der Waals surface area contributed by atoms with Crippen LogP contribution in [0.3, 0.4) is 0 Å². The molecule has 3 aromatic rings. The van der Waals surface area contributed by atoms with Gasteiger partial charge in [0.25, 0.3) is 0 Å². The molecule has 0 saturated heterocycles. The number of halogens is 4. The summed E-state index contributed by atoms with van der Waals surface area (Å²) in [5.41, 5.74) is 0.532. The zero-order chi connectivity index (χ0) is 32.5. The minimum atomic E-state index is -4.65. The normalized spacial score (nSPS) is 12.5. The quantitative estimate of drug-likeness (QED) is 0.211. The van der Waals surface area contributed by atoms with Gasteiger partial charge >= 0.3 is 6.18 Å². The number of sulfonamides is 1. The van der Waals surface area contributed by atoms with Gasteiger partial charge in [0.1, 0.15) is 6.04 Å². The van der Waals surface area contributed by atoms with E-state index in [1.807, 2.05) is 68.4 Å². The molecule has 2 amide bonds. The molecule has 0 bridgehead atoms. The highest BCUT2D eigenvalue weighted by Crippen LogP contribution is 2.32. The summed E-state index contributed by atoms with van der Waals surface area (Å²) in [6.45, 7) is 4.26. The number of hydrogen-bond donors (Lipinski definition) is 1. The highest BCUT2D eigenvalue weighted by atomic mass is 79.9. The van der Waals surface area contributed by atoms with Crippen molar-refractivity contribution in [1.82, 2.24) is 10.2 Å². The molecule has 0 aliphatic rings. The third-order valence-electron chi connectivity index (χ3n) is 6.84. The number of anilines is 1. The summed E-state index contributed by atoms with van der Waals surface area (Å²) in [6.07, 6.45) is -3.60. The Hall–Kier alpha value is -3.38. The van der Waals surface area contributed by atoms with Crippen molar-refractivity contribution in [2.45, 2.75) is 51.9 Å². The molecule has 0 aromatic heterocycles. The molecule has 1 atom stereocenters. The largest absolute Gasteiger partial charge is 0.416 e. The molecule has 0 saturated carbocycles. The molecule has 3 aromatic carbocycles. The van der Waals surface area contributed by atoms with Gasteiger partial charge in [0.05, 0.1) is 17.5 Å². The average molecular weight is 697 g/mol. The maximum absolute atomic E-state index is 13.9. The lowest BCUT2D eigenvalue weighted by Gasteiger charge is -2.32. The van der Waals surface area contributed by atoms with Crippen molar-refractivity contribution in [2.24, 2.45) is 5.92 Å². The van der Waals surface area contributed by atoms with Gasteiger partial charge in [-0.15, -0.1) is 0 Å². The molecular weight excluding hydrogens is 659 g/mol. The van der Waals surface area contributed by atoms with E-state index in [-0.39, 0.29) is 55.8 Å². The zero-order valence-corrected chi connectivity index (χ0v) is 27.3. The summed E-state index contributed by atoms with van der Waals surface area (Å²) in [6, 6.07) is 19.9. The number of benzene rings is 3. The maximum atomic E-state index is 13.9. The van der Waals surface area contributed by atoms with E-state index in [0.29, 0.717) is 6.54 Å². The summed E-state index contributed by atoms with van der Waals surface area (Å²) in [5.74, 6) is -0.509. The van der Waals surface area contributed by atoms with Crippen LogP contribution >= 0.6 is 15.9 Å². The Morgan fingerprint density at radius 1 is 0.932 bits per heavy atom. The Kier molecular flexibility index (Phi) is 12.4. The van der Waals surface area contributed by atoms with Crippen LogP contribution in [0.25, 0.3) is 0 Å². The number of carbonyl (C=O) groups is 2. The van der Waals surface area contributed by atoms with Gasteiger partial charge < -0.3 is 10.2 Å². The number of alkyl halides is 3. The molecule has 0 radical (unpaired) electrons. The van der Waals surface area contributed by atoms with Crippen LogP contribution in [-0.2, 0) is 38.8 Å². The van der Waals surface area contributed by atoms with Crippen LogP contribution in [0.4, 0.5) is 18.9 Å². The van der Waals surface area contributed by atoms with Gasteiger partial charge in [-0.05, 0) is 53.8 Å². The SMILES string of the molecule is CC(C)CNC(=O)[C@H](Cc1ccccc1)N(Cc1ccc(Br)cc1)C(=O)CCCN(c1cccc(C(F)(F)F)c1)S(C)(=O)=O. The molecule has 12 heteroatoms. The van der Waals surface area contributed by atoms with E-state index in [1.165, 1.54) is 11.0 Å². The van der Waals surface area contributed by atoms with Crippen molar-refractivity contribution in [3.63, 3.8) is 0 Å². The maximum Gasteiger partial charge on any atom is 0.416 e. The van der Waals surface area contributed by atoms with Crippen molar-refractivity contribution in [3.8, 4) is 0 Å². The standard InChI is InChI=1S/C32H37BrF3N3O4S/c1-23(2)21-37-31(41)29(19-24-9-5-4-6-10-24)38(22-25-14-16-27(33)17-15-25)30(40)13-8-18-39(44(3,42)43)28-12-7-11-26(20-28)32(34,35)36/h4-7,9-12,14-17,20,23,29H,8,13,18-19,21-22H2,1-3H3,(H,37,41)/t29-/m0/s1. The van der Waals surface area contributed by atoms with Crippen molar-refractivity contribution in [3.05, 3.63) is 100 Å². The van der Waals surface area contributed by atoms with Crippen LogP contribution in [0.15, 0.2) is 83.3 Å². The highest BCUT2D eigenvalue weighted by molar-refractivity contribution is 9.10. The number of rotatable bonds is 14. The Labute approximate surface area is 265 Å². The summed E-state index contributed by atoms with van der Waals surface area (Å²) >= 11 is 3.41. The number of nitrogens with zero attached hydrogens (tertiary/aromatic N) is 2. The second-order valence-electron chi connectivity index (χ2n) is 11.0. The first-order chi connectivity index (χ1) is 20.6. The third kappa shape index (κ3) is 10.7. The number of hydrogen-bond acceptors (Lipinski definition) is 4. The molecule has 7 nitrogen and oxygen atoms in total. The molecule has 1 N–H and O–H groups in total. The Balaban J connectivity index is 1.89. The van der Waals surface area contributed by atoms with Gasteiger partial charge in [-0.1, -0.05) is 78.3 Å². The summed E-state index contributed by atoms with van der Waals surface area (Å²) < 4.78 is 66.9. The Morgan fingerprint density at radius 2 is 1.59 bits per heavy atom. The van der Waals surface area contributed by atoms with Gasteiger partial charge in [-0.25, -0.2) is 8.42 Å². The second-order valence-corrected chi connectivity index (χ2v) is 13.8. The fraction of sp³-hybridized carbons (Fsp3) is 0.375. The molecule has 0 heterocycles. The lowest BCUT2D eigenvalue weighted by Crippen LogP contribution is -2.51. The predicted octanol–water partition coefficient (Wildman–Crippen LogP) is 6.43. The lowest BCUT2D eigenvalue weighted by molar-refractivity contribution is -0.141. The van der Waals surface area contributed by atoms with Crippen molar-refractivity contribution in [1.29, 1.82) is 0 Å². The first kappa shape index (κ1) is 35.1. The van der Waals surface area contributed by atoms with Crippen LogP contribution < -0.4 is 9.62 Å². The van der Waals surface area contributed by atoms with Gasteiger partial charge in [0.15, 0.2) is 0 Å². The number of nitrogens with one attached hydrogen (secondary N) is 1. The van der Waals surface area contributed by atoms with E-state index in [2.05, 4.69) is 21.2 Å². The monoisotopic (exact) mass is 695 g/mol. The van der Waals surface area contributed by atoms with E-state index in [9.17, 15) is 31.2 Å². The van der Waals surface area contributed by atoms with Crippen molar-refractivity contribution < 1.29 is 31.2 Å². The molecule has 0 aliphatic heterocycles. The molecule has 0 aliphatic carbocycles. The minimum Gasteiger partial charge on any atom is -0.354 e. The first-order valence-corrected chi connectivity index (χ1v) is 16.8. The van der Waals surface area contributed by atoms with Crippen LogP contribution in [0.1, 0.15) is 43.4 Å². The van der Waals surface area contributed by atoms with E-state index < -0.39 is 27.8 Å². The van der Waals surface area contributed by atoms with Gasteiger partial charge in [-0.2, -0.15) is 13.2 Å². The van der Waals surface area contributed by atoms with Crippen LogP contribution in [0.5, 0.6) is 0 Å². The molecule has 0 spiro atoms. The fourth-order valence-corrected chi connectivity index (χ4v) is 5.83. The first-order valence-electron chi connectivity index (χ1n) is 14.2. The van der Waals surface area contributed by atoms with E-state index in [1.54, 1.807) is 0 Å². The number of amides is 2. The molecule has 3 rings (SSSR count).